The quantitative estimate of drug-likeness (QED) is 0.597. The summed E-state index contributed by atoms with van der Waals surface area (Å²) >= 11 is 1.83. The molecule has 2 heterocycles. The van der Waals surface area contributed by atoms with Crippen LogP contribution in [0.2, 0.25) is 0 Å². The maximum atomic E-state index is 2.19. The number of hydrogen-bond acceptors (Lipinski definition) is 6. The predicted octanol–water partition coefficient (Wildman–Crippen LogP) is 4.81. The molecule has 0 aromatic carbocycles. The monoisotopic (exact) mass is 242 g/mol. The number of rotatable bonds is 0. The van der Waals surface area contributed by atoms with E-state index < -0.39 is 0 Å². The van der Waals surface area contributed by atoms with E-state index >= 15 is 0 Å². The highest BCUT2D eigenvalue weighted by molar-refractivity contribution is 9.36. The first-order valence-electron chi connectivity index (χ1n) is 2.39. The van der Waals surface area contributed by atoms with E-state index in [1.54, 1.807) is 0 Å². The van der Waals surface area contributed by atoms with Crippen molar-refractivity contribution in [3.05, 3.63) is 11.4 Å². The van der Waals surface area contributed by atoms with Crippen LogP contribution in [0.1, 0.15) is 0 Å². The summed E-state index contributed by atoms with van der Waals surface area (Å²) in [7, 11) is 9.27. The number of hydrogen-bond donors (Lipinski definition) is 0. The minimum Gasteiger partial charge on any atom is -0.135 e. The van der Waals surface area contributed by atoms with Crippen LogP contribution >= 0.6 is 62.4 Å². The van der Waals surface area contributed by atoms with Crippen molar-refractivity contribution in [1.82, 2.24) is 0 Å². The van der Waals surface area contributed by atoms with Gasteiger partial charge in [0.15, 0.2) is 0 Å². The molecule has 0 N–H and O–H groups in total. The lowest BCUT2D eigenvalue weighted by molar-refractivity contribution is 1.42. The molecule has 1 aromatic heterocycles. The molecule has 54 valence electrons. The Bertz CT molecular complexity index is 197. The van der Waals surface area contributed by atoms with E-state index in [2.05, 4.69) is 11.4 Å². The van der Waals surface area contributed by atoms with Gasteiger partial charge in [0.2, 0.25) is 0 Å². The van der Waals surface area contributed by atoms with Crippen LogP contribution in [0, 0.1) is 0 Å². The second kappa shape index (κ2) is 3.91. The fraction of sp³-hybridized carbons (Fsp3) is 0. The van der Waals surface area contributed by atoms with Crippen molar-refractivity contribution in [1.29, 1.82) is 0 Å². The maximum absolute atomic E-state index is 2.19. The third-order valence-electron chi connectivity index (χ3n) is 0.885. The summed E-state index contributed by atoms with van der Waals surface area (Å²) in [6, 6.07) is 2.19. The van der Waals surface area contributed by atoms with Gasteiger partial charge in [-0.2, -0.15) is 0 Å². The summed E-state index contributed by atoms with van der Waals surface area (Å²) in [6.45, 7) is 0. The molecule has 1 aliphatic rings. The van der Waals surface area contributed by atoms with Gasteiger partial charge in [-0.15, -0.1) is 11.3 Å². The first kappa shape index (κ1) is 8.07. The van der Waals surface area contributed by atoms with Gasteiger partial charge in [-0.1, -0.05) is 0 Å². The minimum absolute atomic E-state index is 1.43. The summed E-state index contributed by atoms with van der Waals surface area (Å²) < 4.78 is 1.45. The lowest BCUT2D eigenvalue weighted by atomic mass is 10.7. The highest BCUT2D eigenvalue weighted by Crippen LogP contribution is 2.60. The van der Waals surface area contributed by atoms with Crippen LogP contribution in [0.15, 0.2) is 20.6 Å². The number of thiophene rings is 1. The fourth-order valence-corrected chi connectivity index (χ4v) is 11.3. The van der Waals surface area contributed by atoms with Crippen LogP contribution in [0.5, 0.6) is 0 Å². The Morgan fingerprint density at radius 2 is 1.90 bits per heavy atom. The Morgan fingerprint density at radius 1 is 1.00 bits per heavy atom. The van der Waals surface area contributed by atoms with Gasteiger partial charge in [-0.25, -0.2) is 0 Å². The third-order valence-corrected chi connectivity index (χ3v) is 10.8. The summed E-state index contributed by atoms with van der Waals surface area (Å²) in [5.41, 5.74) is 0. The maximum Gasteiger partial charge on any atom is 0.0859 e. The zero-order valence-electron chi connectivity index (χ0n) is 4.60. The first-order valence-corrected chi connectivity index (χ1v) is 9.42. The summed E-state index contributed by atoms with van der Waals surface area (Å²) in [4.78, 5) is 1.43. The highest BCUT2D eigenvalue weighted by Gasteiger charge is 2.11. The van der Waals surface area contributed by atoms with Crippen molar-refractivity contribution in [2.24, 2.45) is 0 Å². The lowest BCUT2D eigenvalue weighted by Gasteiger charge is -1.88. The van der Waals surface area contributed by atoms with Crippen LogP contribution in [0.25, 0.3) is 0 Å². The molecule has 2 rings (SSSR count). The van der Waals surface area contributed by atoms with Gasteiger partial charge in [0, 0.05) is 4.90 Å². The van der Waals surface area contributed by atoms with Gasteiger partial charge in [0.1, 0.15) is 0 Å². The van der Waals surface area contributed by atoms with Crippen molar-refractivity contribution in [2.45, 2.75) is 9.10 Å². The van der Waals surface area contributed by atoms with E-state index in [-0.39, 0.29) is 0 Å². The van der Waals surface area contributed by atoms with E-state index in [1.807, 2.05) is 62.4 Å². The average Bonchev–Trinajstić information content (AvgIpc) is 2.28. The van der Waals surface area contributed by atoms with E-state index in [1.165, 1.54) is 9.10 Å². The van der Waals surface area contributed by atoms with Gasteiger partial charge in [-0.05, 0) is 62.5 Å². The Hall–Kier alpha value is 1.45. The van der Waals surface area contributed by atoms with Gasteiger partial charge in [0.05, 0.1) is 4.21 Å². The second-order valence-electron chi connectivity index (χ2n) is 1.44. The van der Waals surface area contributed by atoms with E-state index in [0.717, 1.165) is 0 Å². The van der Waals surface area contributed by atoms with Crippen molar-refractivity contribution in [2.75, 3.05) is 0 Å². The van der Waals surface area contributed by atoms with Gasteiger partial charge < -0.3 is 0 Å². The minimum atomic E-state index is 1.43. The molecule has 0 nitrogen and oxygen atoms in total. The molecule has 0 bridgehead atoms. The molecule has 1 aromatic rings. The van der Waals surface area contributed by atoms with Crippen LogP contribution < -0.4 is 0 Å². The van der Waals surface area contributed by atoms with E-state index in [9.17, 15) is 0 Å². The Balaban J connectivity index is 2.28. The summed E-state index contributed by atoms with van der Waals surface area (Å²) in [6.07, 6.45) is 0. The second-order valence-corrected chi connectivity index (χ2v) is 10.1. The third kappa shape index (κ3) is 1.78. The van der Waals surface area contributed by atoms with E-state index in [4.69, 9.17) is 0 Å². The Labute approximate surface area is 82.3 Å². The predicted molar refractivity (Wildman–Crippen MR) is 58.8 cm³/mol. The molecule has 0 radical (unpaired) electrons. The molecule has 0 saturated carbocycles. The Kier molecular flexibility index (Phi) is 3.15. The standard InChI is InChI=1S/C4H2S6/c1-2-5-4-3(1)6-8-10-9-7-4/h1-2H. The first-order chi connectivity index (χ1) is 4.97. The SMILES string of the molecule is c1cc2c(s1)SSSSS2. The Morgan fingerprint density at radius 3 is 2.90 bits per heavy atom. The largest absolute Gasteiger partial charge is 0.135 e. The van der Waals surface area contributed by atoms with Crippen LogP contribution in [-0.2, 0) is 0 Å². The van der Waals surface area contributed by atoms with Crippen LogP contribution in [-0.4, -0.2) is 0 Å². The van der Waals surface area contributed by atoms with Crippen LogP contribution in [0.4, 0.5) is 0 Å². The topological polar surface area (TPSA) is 0 Å². The zero-order chi connectivity index (χ0) is 6.81. The molecule has 0 amide bonds. The fourth-order valence-electron chi connectivity index (χ4n) is 0.513. The molecule has 0 unspecified atom stereocenters. The molecule has 6 heteroatoms. The molecule has 0 spiro atoms. The normalized spacial score (nSPS) is 18.0. The number of fused-ring (bicyclic) bond motifs is 1. The lowest BCUT2D eigenvalue weighted by Crippen LogP contribution is -1.55. The smallest absolute Gasteiger partial charge is 0.0859 e. The molecule has 0 fully saturated rings. The van der Waals surface area contributed by atoms with E-state index in [0.29, 0.717) is 0 Å². The molecule has 0 saturated heterocycles. The van der Waals surface area contributed by atoms with Gasteiger partial charge in [0.25, 0.3) is 0 Å². The van der Waals surface area contributed by atoms with Crippen molar-refractivity contribution < 1.29 is 0 Å². The molecule has 1 aliphatic heterocycles. The highest BCUT2D eigenvalue weighted by atomic mass is 33.8. The average molecular weight is 242 g/mol. The van der Waals surface area contributed by atoms with Crippen molar-refractivity contribution in [3.63, 3.8) is 0 Å². The zero-order valence-corrected chi connectivity index (χ0v) is 9.50. The molecule has 10 heavy (non-hydrogen) atoms. The molecule has 0 atom stereocenters. The molecule has 0 aliphatic carbocycles. The summed E-state index contributed by atoms with van der Waals surface area (Å²) in [5, 5.41) is 2.15. The summed E-state index contributed by atoms with van der Waals surface area (Å²) in [5.74, 6) is 0. The van der Waals surface area contributed by atoms with Gasteiger partial charge >= 0.3 is 0 Å². The van der Waals surface area contributed by atoms with Crippen LogP contribution in [0.3, 0.4) is 0 Å². The van der Waals surface area contributed by atoms with Crippen molar-refractivity contribution in [3.8, 4) is 0 Å². The van der Waals surface area contributed by atoms with Crippen molar-refractivity contribution >= 4 is 62.4 Å². The molecular weight excluding hydrogens is 240 g/mol. The van der Waals surface area contributed by atoms with Gasteiger partial charge in [-0.3, -0.25) is 0 Å². The molecular formula is C4H2S6.